The first-order valence-corrected chi connectivity index (χ1v) is 11.9. The SMILES string of the molecule is CNc1cc(NS(C)(=O)=O)ccc1Nc1c2ccccc2nc2c1ccc1ncccc12.Cl. The van der Waals surface area contributed by atoms with Gasteiger partial charge in [-0.05, 0) is 48.5 Å². The monoisotopic (exact) mass is 479 g/mol. The van der Waals surface area contributed by atoms with Crippen molar-refractivity contribution in [3.63, 3.8) is 0 Å². The average Bonchev–Trinajstić information content (AvgIpc) is 2.78. The second-order valence-electron chi connectivity index (χ2n) is 7.55. The van der Waals surface area contributed by atoms with Gasteiger partial charge in [-0.15, -0.1) is 12.4 Å². The number of hydrogen-bond acceptors (Lipinski definition) is 6. The van der Waals surface area contributed by atoms with Crippen LogP contribution in [0.25, 0.3) is 32.7 Å². The Bertz CT molecular complexity index is 1610. The van der Waals surface area contributed by atoms with Gasteiger partial charge in [-0.2, -0.15) is 0 Å². The number of sulfonamides is 1. The van der Waals surface area contributed by atoms with E-state index in [9.17, 15) is 8.42 Å². The van der Waals surface area contributed by atoms with E-state index in [0.717, 1.165) is 56.0 Å². The van der Waals surface area contributed by atoms with E-state index in [4.69, 9.17) is 4.98 Å². The highest BCUT2D eigenvalue weighted by Crippen LogP contribution is 2.38. The minimum absolute atomic E-state index is 0. The minimum atomic E-state index is -3.36. The molecule has 168 valence electrons. The zero-order valence-electron chi connectivity index (χ0n) is 18.0. The van der Waals surface area contributed by atoms with Crippen LogP contribution in [0.4, 0.5) is 22.7 Å². The van der Waals surface area contributed by atoms with Crippen LogP contribution in [-0.4, -0.2) is 31.7 Å². The summed E-state index contributed by atoms with van der Waals surface area (Å²) in [4.78, 5) is 9.40. The Kier molecular flexibility index (Phi) is 5.97. The van der Waals surface area contributed by atoms with E-state index in [1.165, 1.54) is 0 Å². The van der Waals surface area contributed by atoms with Crippen molar-refractivity contribution >= 4 is 77.9 Å². The first-order chi connectivity index (χ1) is 15.4. The third-order valence-corrected chi connectivity index (χ3v) is 5.89. The Morgan fingerprint density at radius 2 is 1.61 bits per heavy atom. The molecule has 5 rings (SSSR count). The van der Waals surface area contributed by atoms with Crippen molar-refractivity contribution in [1.29, 1.82) is 0 Å². The summed E-state index contributed by atoms with van der Waals surface area (Å²) < 4.78 is 25.7. The molecule has 0 spiro atoms. The number of nitrogens with one attached hydrogen (secondary N) is 3. The van der Waals surface area contributed by atoms with Crippen LogP contribution in [0.3, 0.4) is 0 Å². The van der Waals surface area contributed by atoms with Crippen molar-refractivity contribution in [2.45, 2.75) is 0 Å². The summed E-state index contributed by atoms with van der Waals surface area (Å²) in [6, 6.07) is 21.3. The first-order valence-electron chi connectivity index (χ1n) is 10.1. The van der Waals surface area contributed by atoms with Gasteiger partial charge in [0.05, 0.1) is 45.6 Å². The van der Waals surface area contributed by atoms with Crippen molar-refractivity contribution in [1.82, 2.24) is 9.97 Å². The van der Waals surface area contributed by atoms with Crippen molar-refractivity contribution < 1.29 is 8.42 Å². The molecule has 3 N–H and O–H groups in total. The molecular formula is C24H22ClN5O2S. The summed E-state index contributed by atoms with van der Waals surface area (Å²) in [7, 11) is -1.57. The fourth-order valence-electron chi connectivity index (χ4n) is 3.91. The van der Waals surface area contributed by atoms with Gasteiger partial charge in [0.15, 0.2) is 0 Å². The van der Waals surface area contributed by atoms with Crippen LogP contribution in [0.1, 0.15) is 0 Å². The van der Waals surface area contributed by atoms with Gasteiger partial charge in [-0.1, -0.05) is 18.2 Å². The van der Waals surface area contributed by atoms with Gasteiger partial charge >= 0.3 is 0 Å². The normalized spacial score (nSPS) is 11.3. The molecule has 0 atom stereocenters. The van der Waals surface area contributed by atoms with Gasteiger partial charge in [0, 0.05) is 29.4 Å². The lowest BCUT2D eigenvalue weighted by Crippen LogP contribution is -2.10. The van der Waals surface area contributed by atoms with E-state index >= 15 is 0 Å². The number of nitrogens with zero attached hydrogens (tertiary/aromatic N) is 2. The van der Waals surface area contributed by atoms with E-state index in [0.29, 0.717) is 5.69 Å². The molecule has 0 bridgehead atoms. The third kappa shape index (κ3) is 4.35. The molecule has 0 amide bonds. The van der Waals surface area contributed by atoms with Gasteiger partial charge in [-0.25, -0.2) is 13.4 Å². The number of halogens is 1. The maximum absolute atomic E-state index is 11.6. The van der Waals surface area contributed by atoms with Gasteiger partial charge in [-0.3, -0.25) is 9.71 Å². The smallest absolute Gasteiger partial charge is 0.229 e. The average molecular weight is 480 g/mol. The molecule has 9 heteroatoms. The molecule has 0 saturated heterocycles. The fraction of sp³-hybridized carbons (Fsp3) is 0.0833. The predicted molar refractivity (Wildman–Crippen MR) is 140 cm³/mol. The number of anilines is 4. The second kappa shape index (κ2) is 8.73. The Hall–Kier alpha value is -3.62. The number of para-hydroxylation sites is 1. The van der Waals surface area contributed by atoms with Crippen molar-refractivity contribution in [2.75, 3.05) is 28.7 Å². The molecule has 2 aromatic heterocycles. The largest absolute Gasteiger partial charge is 0.386 e. The van der Waals surface area contributed by atoms with Crippen molar-refractivity contribution in [2.24, 2.45) is 0 Å². The number of aromatic nitrogens is 2. The Morgan fingerprint density at radius 1 is 0.818 bits per heavy atom. The maximum Gasteiger partial charge on any atom is 0.229 e. The maximum atomic E-state index is 11.6. The molecule has 0 aliphatic heterocycles. The van der Waals surface area contributed by atoms with Crippen LogP contribution in [0.15, 0.2) is 72.9 Å². The molecule has 0 aliphatic carbocycles. The summed E-state index contributed by atoms with van der Waals surface area (Å²) in [5.74, 6) is 0. The van der Waals surface area contributed by atoms with Crippen molar-refractivity contribution in [3.05, 3.63) is 72.9 Å². The highest BCUT2D eigenvalue weighted by molar-refractivity contribution is 7.92. The van der Waals surface area contributed by atoms with Crippen molar-refractivity contribution in [3.8, 4) is 0 Å². The molecule has 0 saturated carbocycles. The molecule has 0 fully saturated rings. The molecule has 0 radical (unpaired) electrons. The Labute approximate surface area is 197 Å². The van der Waals surface area contributed by atoms with Gasteiger partial charge in [0.25, 0.3) is 0 Å². The number of rotatable bonds is 5. The number of pyridine rings is 2. The molecule has 0 aliphatic rings. The Balaban J connectivity index is 0.00000259. The molecule has 3 aromatic carbocycles. The topological polar surface area (TPSA) is 96.0 Å². The zero-order chi connectivity index (χ0) is 22.3. The van der Waals surface area contributed by atoms with E-state index in [-0.39, 0.29) is 12.4 Å². The number of benzene rings is 3. The zero-order valence-corrected chi connectivity index (χ0v) is 19.6. The fourth-order valence-corrected chi connectivity index (χ4v) is 4.47. The van der Waals surface area contributed by atoms with E-state index in [1.54, 1.807) is 25.4 Å². The molecule has 0 unspecified atom stereocenters. The Morgan fingerprint density at radius 3 is 2.39 bits per heavy atom. The van der Waals surface area contributed by atoms with E-state index in [2.05, 4.69) is 20.3 Å². The predicted octanol–water partition coefficient (Wildman–Crippen LogP) is 5.51. The molecule has 2 heterocycles. The van der Waals surface area contributed by atoms with Gasteiger partial charge in [0.2, 0.25) is 10.0 Å². The number of fused-ring (bicyclic) bond motifs is 4. The molecule has 5 aromatic rings. The van der Waals surface area contributed by atoms with Crippen LogP contribution in [-0.2, 0) is 10.0 Å². The lowest BCUT2D eigenvalue weighted by molar-refractivity contribution is 0.607. The third-order valence-electron chi connectivity index (χ3n) is 5.28. The highest BCUT2D eigenvalue weighted by Gasteiger charge is 2.14. The quantitative estimate of drug-likeness (QED) is 0.227. The molecular weight excluding hydrogens is 458 g/mol. The first kappa shape index (κ1) is 22.6. The van der Waals surface area contributed by atoms with E-state index < -0.39 is 10.0 Å². The molecule has 7 nitrogen and oxygen atoms in total. The molecule has 33 heavy (non-hydrogen) atoms. The van der Waals surface area contributed by atoms with Crippen LogP contribution in [0.2, 0.25) is 0 Å². The number of hydrogen-bond donors (Lipinski definition) is 3. The van der Waals surface area contributed by atoms with Crippen LogP contribution in [0.5, 0.6) is 0 Å². The second-order valence-corrected chi connectivity index (χ2v) is 9.29. The standard InChI is InChI=1S/C24H21N5O2S.ClH/c1-25-22-14-15(29-32(2,30)31)9-11-21(22)28-24-17-6-3-4-8-20(17)27-23-16-7-5-13-26-19(16)12-10-18(23)24;/h3-14,25,29H,1-2H3,(H,27,28);1H. The summed E-state index contributed by atoms with van der Waals surface area (Å²) in [6.07, 6.45) is 2.91. The van der Waals surface area contributed by atoms with Crippen LogP contribution in [0, 0.1) is 0 Å². The lowest BCUT2D eigenvalue weighted by Gasteiger charge is -2.17. The van der Waals surface area contributed by atoms with Crippen LogP contribution >= 0.6 is 12.4 Å². The summed E-state index contributed by atoms with van der Waals surface area (Å²) in [5, 5.41) is 9.66. The summed E-state index contributed by atoms with van der Waals surface area (Å²) in [5.41, 5.74) is 5.63. The summed E-state index contributed by atoms with van der Waals surface area (Å²) in [6.45, 7) is 0. The van der Waals surface area contributed by atoms with Crippen LogP contribution < -0.4 is 15.4 Å². The van der Waals surface area contributed by atoms with E-state index in [1.807, 2.05) is 54.6 Å². The minimum Gasteiger partial charge on any atom is -0.386 e. The summed E-state index contributed by atoms with van der Waals surface area (Å²) >= 11 is 0. The van der Waals surface area contributed by atoms with Gasteiger partial charge < -0.3 is 10.6 Å². The highest BCUT2D eigenvalue weighted by atomic mass is 35.5. The lowest BCUT2D eigenvalue weighted by atomic mass is 10.0. The van der Waals surface area contributed by atoms with Gasteiger partial charge in [0.1, 0.15) is 0 Å².